The molecule has 1 amide bonds. The summed E-state index contributed by atoms with van der Waals surface area (Å²) in [4.78, 5) is 12.0. The van der Waals surface area contributed by atoms with Crippen molar-refractivity contribution < 1.29 is 14.3 Å². The molecule has 0 radical (unpaired) electrons. The van der Waals surface area contributed by atoms with Crippen LogP contribution in [0.5, 0.6) is 11.5 Å². The smallest absolute Gasteiger partial charge is 0.225 e. The van der Waals surface area contributed by atoms with Crippen molar-refractivity contribution in [2.45, 2.75) is 19.3 Å². The Hall–Kier alpha value is -2.49. The van der Waals surface area contributed by atoms with E-state index in [1.165, 1.54) is 0 Å². The van der Waals surface area contributed by atoms with Gasteiger partial charge in [0.05, 0.1) is 13.7 Å². The van der Waals surface area contributed by atoms with Gasteiger partial charge in [-0.2, -0.15) is 0 Å². The molecule has 0 saturated carbocycles. The molecule has 1 N–H and O–H groups in total. The molecule has 2 aromatic carbocycles. The summed E-state index contributed by atoms with van der Waals surface area (Å²) in [7, 11) is 1.65. The number of methoxy groups -OCH3 is 1. The van der Waals surface area contributed by atoms with Gasteiger partial charge in [0.15, 0.2) is 0 Å². The lowest BCUT2D eigenvalue weighted by molar-refractivity contribution is -0.116. The fourth-order valence-corrected chi connectivity index (χ4v) is 2.90. The van der Waals surface area contributed by atoms with Gasteiger partial charge < -0.3 is 14.8 Å². The summed E-state index contributed by atoms with van der Waals surface area (Å²) >= 11 is 0. The van der Waals surface area contributed by atoms with E-state index in [1.807, 2.05) is 49.4 Å². The first-order valence-corrected chi connectivity index (χ1v) is 7.42. The predicted octanol–water partition coefficient (Wildman–Crippen LogP) is 3.57. The first-order chi connectivity index (χ1) is 10.7. The maximum atomic E-state index is 12.0. The summed E-state index contributed by atoms with van der Waals surface area (Å²) in [6.07, 6.45) is 0.407. The lowest BCUT2D eigenvalue weighted by Gasteiger charge is -2.27. The van der Waals surface area contributed by atoms with Crippen LogP contribution < -0.4 is 14.8 Å². The number of carbonyl (C=O) groups excluding carboxylic acids is 1. The summed E-state index contributed by atoms with van der Waals surface area (Å²) in [5.74, 6) is 1.61. The third-order valence-corrected chi connectivity index (χ3v) is 3.89. The lowest BCUT2D eigenvalue weighted by Crippen LogP contribution is -2.23. The maximum absolute atomic E-state index is 12.0. The van der Waals surface area contributed by atoms with Crippen molar-refractivity contribution in [3.63, 3.8) is 0 Å². The standard InChI is InChI=1S/C18H19NO3/c1-3-22-17-7-5-4-6-13(17)14-11-18(20)19-16-9-8-12(21-2)10-15(14)16/h4-10,14H,3,11H2,1-2H3,(H,19,20). The van der Waals surface area contributed by atoms with Crippen LogP contribution in [-0.4, -0.2) is 19.6 Å². The molecule has 1 unspecified atom stereocenters. The molecule has 3 rings (SSSR count). The first kappa shape index (κ1) is 14.4. The Morgan fingerprint density at radius 2 is 2.00 bits per heavy atom. The Balaban J connectivity index is 2.10. The number of hydrogen-bond donors (Lipinski definition) is 1. The van der Waals surface area contributed by atoms with Crippen LogP contribution in [0.15, 0.2) is 42.5 Å². The molecule has 1 heterocycles. The molecule has 22 heavy (non-hydrogen) atoms. The van der Waals surface area contributed by atoms with Crippen LogP contribution in [0.3, 0.4) is 0 Å². The molecule has 0 saturated heterocycles. The fraction of sp³-hybridized carbons (Fsp3) is 0.278. The van der Waals surface area contributed by atoms with Crippen LogP contribution in [0.1, 0.15) is 30.4 Å². The number of para-hydroxylation sites is 1. The highest BCUT2D eigenvalue weighted by Crippen LogP contribution is 2.41. The Kier molecular flexibility index (Phi) is 4.00. The van der Waals surface area contributed by atoms with Gasteiger partial charge in [-0.25, -0.2) is 0 Å². The molecule has 4 heteroatoms. The molecule has 1 aliphatic heterocycles. The number of anilines is 1. The van der Waals surface area contributed by atoms with Crippen molar-refractivity contribution in [2.75, 3.05) is 19.0 Å². The minimum absolute atomic E-state index is 0.0222. The Bertz CT molecular complexity index is 696. The van der Waals surface area contributed by atoms with Crippen LogP contribution in [0, 0.1) is 0 Å². The summed E-state index contributed by atoms with van der Waals surface area (Å²) < 4.78 is 11.1. The number of carbonyl (C=O) groups is 1. The normalized spacial score (nSPS) is 16.6. The second-order valence-corrected chi connectivity index (χ2v) is 5.23. The highest BCUT2D eigenvalue weighted by atomic mass is 16.5. The number of fused-ring (bicyclic) bond motifs is 1. The van der Waals surface area contributed by atoms with E-state index < -0.39 is 0 Å². The summed E-state index contributed by atoms with van der Waals surface area (Å²) in [6, 6.07) is 13.6. The summed E-state index contributed by atoms with van der Waals surface area (Å²) in [6.45, 7) is 2.56. The molecule has 4 nitrogen and oxygen atoms in total. The SMILES string of the molecule is CCOc1ccccc1C1CC(=O)Nc2ccc(OC)cc21. The van der Waals surface area contributed by atoms with E-state index in [1.54, 1.807) is 7.11 Å². The zero-order chi connectivity index (χ0) is 15.5. The van der Waals surface area contributed by atoms with E-state index in [2.05, 4.69) is 5.32 Å². The number of ether oxygens (including phenoxy) is 2. The van der Waals surface area contributed by atoms with E-state index in [0.717, 1.165) is 28.3 Å². The van der Waals surface area contributed by atoms with Gasteiger partial charge in [0.25, 0.3) is 0 Å². The van der Waals surface area contributed by atoms with Gasteiger partial charge in [-0.3, -0.25) is 4.79 Å². The van der Waals surface area contributed by atoms with E-state index >= 15 is 0 Å². The molecular weight excluding hydrogens is 278 g/mol. The zero-order valence-electron chi connectivity index (χ0n) is 12.8. The van der Waals surface area contributed by atoms with Gasteiger partial charge in [-0.1, -0.05) is 18.2 Å². The van der Waals surface area contributed by atoms with Gasteiger partial charge >= 0.3 is 0 Å². The Morgan fingerprint density at radius 3 is 2.77 bits per heavy atom. The lowest BCUT2D eigenvalue weighted by atomic mass is 9.84. The van der Waals surface area contributed by atoms with Crippen molar-refractivity contribution in [2.24, 2.45) is 0 Å². The van der Waals surface area contributed by atoms with E-state index in [0.29, 0.717) is 13.0 Å². The number of benzene rings is 2. The Labute approximate surface area is 130 Å². The zero-order valence-corrected chi connectivity index (χ0v) is 12.8. The highest BCUT2D eigenvalue weighted by Gasteiger charge is 2.28. The van der Waals surface area contributed by atoms with Crippen molar-refractivity contribution in [1.82, 2.24) is 0 Å². The number of rotatable bonds is 4. The predicted molar refractivity (Wildman–Crippen MR) is 85.7 cm³/mol. The van der Waals surface area contributed by atoms with E-state index in [4.69, 9.17) is 9.47 Å². The van der Waals surface area contributed by atoms with Crippen LogP contribution in [-0.2, 0) is 4.79 Å². The topological polar surface area (TPSA) is 47.6 Å². The second kappa shape index (κ2) is 6.10. The molecule has 1 aliphatic rings. The van der Waals surface area contributed by atoms with Crippen LogP contribution in [0.4, 0.5) is 5.69 Å². The number of hydrogen-bond acceptors (Lipinski definition) is 3. The monoisotopic (exact) mass is 297 g/mol. The van der Waals surface area contributed by atoms with E-state index in [9.17, 15) is 4.79 Å². The number of nitrogens with one attached hydrogen (secondary N) is 1. The summed E-state index contributed by atoms with van der Waals surface area (Å²) in [5.41, 5.74) is 2.94. The molecule has 0 aliphatic carbocycles. The molecule has 0 aromatic heterocycles. The largest absolute Gasteiger partial charge is 0.497 e. The third-order valence-electron chi connectivity index (χ3n) is 3.89. The maximum Gasteiger partial charge on any atom is 0.225 e. The van der Waals surface area contributed by atoms with E-state index in [-0.39, 0.29) is 11.8 Å². The molecular formula is C18H19NO3. The minimum atomic E-state index is -0.0263. The summed E-state index contributed by atoms with van der Waals surface area (Å²) in [5, 5.41) is 2.93. The van der Waals surface area contributed by atoms with Crippen LogP contribution in [0.2, 0.25) is 0 Å². The molecule has 0 fully saturated rings. The second-order valence-electron chi connectivity index (χ2n) is 5.23. The molecule has 2 aromatic rings. The van der Waals surface area contributed by atoms with Crippen LogP contribution >= 0.6 is 0 Å². The molecule has 0 bridgehead atoms. The van der Waals surface area contributed by atoms with Gasteiger partial charge in [0, 0.05) is 23.6 Å². The van der Waals surface area contributed by atoms with Crippen LogP contribution in [0.25, 0.3) is 0 Å². The first-order valence-electron chi connectivity index (χ1n) is 7.42. The van der Waals surface area contributed by atoms with Gasteiger partial charge in [-0.15, -0.1) is 0 Å². The van der Waals surface area contributed by atoms with Gasteiger partial charge in [0.2, 0.25) is 5.91 Å². The van der Waals surface area contributed by atoms with Crippen molar-refractivity contribution >= 4 is 11.6 Å². The quantitative estimate of drug-likeness (QED) is 0.938. The molecule has 1 atom stereocenters. The highest BCUT2D eigenvalue weighted by molar-refractivity contribution is 5.95. The average Bonchev–Trinajstić information content (AvgIpc) is 2.54. The average molecular weight is 297 g/mol. The van der Waals surface area contributed by atoms with Gasteiger partial charge in [-0.05, 0) is 36.8 Å². The van der Waals surface area contributed by atoms with Crippen molar-refractivity contribution in [3.05, 3.63) is 53.6 Å². The fourth-order valence-electron chi connectivity index (χ4n) is 2.90. The van der Waals surface area contributed by atoms with Gasteiger partial charge in [0.1, 0.15) is 11.5 Å². The van der Waals surface area contributed by atoms with Crippen molar-refractivity contribution in [3.8, 4) is 11.5 Å². The molecule has 114 valence electrons. The Morgan fingerprint density at radius 1 is 1.18 bits per heavy atom. The number of amides is 1. The molecule has 0 spiro atoms. The van der Waals surface area contributed by atoms with Crippen molar-refractivity contribution in [1.29, 1.82) is 0 Å². The minimum Gasteiger partial charge on any atom is -0.497 e. The third kappa shape index (κ3) is 2.64.